The van der Waals surface area contributed by atoms with Crippen LogP contribution in [0.3, 0.4) is 0 Å². The molecule has 2 rings (SSSR count). The fourth-order valence-corrected chi connectivity index (χ4v) is 2.71. The van der Waals surface area contributed by atoms with E-state index in [9.17, 15) is 0 Å². The maximum absolute atomic E-state index is 5.99. The fourth-order valence-electron chi connectivity index (χ4n) is 2.71. The number of nitrogens with one attached hydrogen (secondary N) is 2. The Kier molecular flexibility index (Phi) is 10.9. The summed E-state index contributed by atoms with van der Waals surface area (Å²) in [5, 5.41) is 6.65. The van der Waals surface area contributed by atoms with Crippen LogP contribution in [-0.4, -0.2) is 69.4 Å². The molecule has 6 nitrogen and oxygen atoms in total. The molecule has 0 bridgehead atoms. The molecule has 1 heterocycles. The summed E-state index contributed by atoms with van der Waals surface area (Å²) < 4.78 is 11.8. The fraction of sp³-hybridized carbons (Fsp3) is 0.632. The molecule has 2 atom stereocenters. The van der Waals surface area contributed by atoms with Crippen LogP contribution in [0.15, 0.2) is 29.3 Å². The monoisotopic (exact) mass is 476 g/mol. The Hall–Kier alpha value is -1.06. The van der Waals surface area contributed by atoms with E-state index in [2.05, 4.69) is 47.5 Å². The maximum Gasteiger partial charge on any atom is 0.191 e. The largest absolute Gasteiger partial charge is 0.489 e. The van der Waals surface area contributed by atoms with Crippen LogP contribution in [0.2, 0.25) is 0 Å². The van der Waals surface area contributed by atoms with Crippen molar-refractivity contribution in [2.24, 2.45) is 4.99 Å². The number of likely N-dealkylation sites (N-methyl/N-ethyl adjacent to an activating group) is 1. The summed E-state index contributed by atoms with van der Waals surface area (Å²) in [5.74, 6) is 1.72. The number of rotatable bonds is 7. The van der Waals surface area contributed by atoms with Gasteiger partial charge in [-0.3, -0.25) is 0 Å². The molecule has 0 aliphatic carbocycles. The van der Waals surface area contributed by atoms with E-state index in [-0.39, 0.29) is 36.2 Å². The molecule has 1 aromatic carbocycles. The van der Waals surface area contributed by atoms with Gasteiger partial charge in [-0.05, 0) is 39.4 Å². The smallest absolute Gasteiger partial charge is 0.191 e. The number of morpholine rings is 1. The number of aryl methyl sites for hydroxylation is 1. The minimum absolute atomic E-state index is 0. The van der Waals surface area contributed by atoms with E-state index in [1.165, 1.54) is 0 Å². The molecule has 2 N–H and O–H groups in total. The van der Waals surface area contributed by atoms with Crippen molar-refractivity contribution >= 4 is 29.9 Å². The number of benzene rings is 1. The average molecular weight is 476 g/mol. The van der Waals surface area contributed by atoms with Gasteiger partial charge >= 0.3 is 0 Å². The zero-order valence-corrected chi connectivity index (χ0v) is 18.7. The SMILES string of the molecule is CCNC(=NCC(C)Oc1ccccc1C)NCC1CN(C)CCO1.I. The second-order valence-corrected chi connectivity index (χ2v) is 6.55. The standard InChI is InChI=1S/C19H32N4O2.HI/c1-5-20-19(22-13-17-14-23(4)10-11-24-17)21-12-16(3)25-18-9-7-6-8-15(18)2;/h6-9,16-17H,5,10-14H2,1-4H3,(H2,20,21,22);1H. The second kappa shape index (κ2) is 12.3. The van der Waals surface area contributed by atoms with Gasteiger partial charge in [-0.25, -0.2) is 4.99 Å². The highest BCUT2D eigenvalue weighted by Gasteiger charge is 2.17. The van der Waals surface area contributed by atoms with E-state index in [1.54, 1.807) is 0 Å². The predicted octanol–water partition coefficient (Wildman–Crippen LogP) is 2.27. The molecule has 148 valence electrons. The number of guanidine groups is 1. The molecule has 2 unspecified atom stereocenters. The number of halogens is 1. The number of hydrogen-bond acceptors (Lipinski definition) is 4. The zero-order chi connectivity index (χ0) is 18.1. The van der Waals surface area contributed by atoms with Crippen molar-refractivity contribution in [3.8, 4) is 5.75 Å². The molecule has 1 fully saturated rings. The first kappa shape index (κ1) is 23.0. The molecule has 26 heavy (non-hydrogen) atoms. The van der Waals surface area contributed by atoms with E-state index in [0.29, 0.717) is 6.54 Å². The van der Waals surface area contributed by atoms with Gasteiger partial charge in [-0.1, -0.05) is 18.2 Å². The van der Waals surface area contributed by atoms with Gasteiger partial charge in [-0.15, -0.1) is 24.0 Å². The number of hydrogen-bond donors (Lipinski definition) is 2. The zero-order valence-electron chi connectivity index (χ0n) is 16.3. The lowest BCUT2D eigenvalue weighted by molar-refractivity contribution is -0.0161. The van der Waals surface area contributed by atoms with Gasteiger partial charge in [0.25, 0.3) is 0 Å². The summed E-state index contributed by atoms with van der Waals surface area (Å²) in [6.45, 7) is 11.1. The Morgan fingerprint density at radius 2 is 2.15 bits per heavy atom. The summed E-state index contributed by atoms with van der Waals surface area (Å²) >= 11 is 0. The van der Waals surface area contributed by atoms with Crippen molar-refractivity contribution in [2.75, 3.05) is 46.4 Å². The molecule has 7 heteroatoms. The molecule has 1 aliphatic heterocycles. The number of aliphatic imine (C=N–C) groups is 1. The summed E-state index contributed by atoms with van der Waals surface area (Å²) in [7, 11) is 2.12. The molecule has 1 saturated heterocycles. The van der Waals surface area contributed by atoms with Gasteiger partial charge in [0.2, 0.25) is 0 Å². The molecular weight excluding hydrogens is 443 g/mol. The lowest BCUT2D eigenvalue weighted by Gasteiger charge is -2.30. The van der Waals surface area contributed by atoms with Crippen molar-refractivity contribution < 1.29 is 9.47 Å². The summed E-state index contributed by atoms with van der Waals surface area (Å²) in [5.41, 5.74) is 1.14. The normalized spacial score (nSPS) is 19.4. The van der Waals surface area contributed by atoms with Crippen LogP contribution in [0.4, 0.5) is 0 Å². The van der Waals surface area contributed by atoms with E-state index in [1.807, 2.05) is 25.1 Å². The quantitative estimate of drug-likeness (QED) is 0.359. The summed E-state index contributed by atoms with van der Waals surface area (Å²) in [6, 6.07) is 8.06. The first-order chi connectivity index (χ1) is 12.1. The summed E-state index contributed by atoms with van der Waals surface area (Å²) in [6.07, 6.45) is 0.205. The highest BCUT2D eigenvalue weighted by atomic mass is 127. The molecular formula is C19H33IN4O2. The van der Waals surface area contributed by atoms with Crippen molar-refractivity contribution in [1.82, 2.24) is 15.5 Å². The van der Waals surface area contributed by atoms with E-state index >= 15 is 0 Å². The topological polar surface area (TPSA) is 58.1 Å². The Balaban J connectivity index is 0.00000338. The number of ether oxygens (including phenoxy) is 2. The highest BCUT2D eigenvalue weighted by Crippen LogP contribution is 2.17. The lowest BCUT2D eigenvalue weighted by atomic mass is 10.2. The highest BCUT2D eigenvalue weighted by molar-refractivity contribution is 14.0. The molecule has 0 saturated carbocycles. The second-order valence-electron chi connectivity index (χ2n) is 6.55. The molecule has 0 aromatic heterocycles. The molecule has 1 aromatic rings. The lowest BCUT2D eigenvalue weighted by Crippen LogP contribution is -2.48. The van der Waals surface area contributed by atoms with Gasteiger partial charge in [-0.2, -0.15) is 0 Å². The van der Waals surface area contributed by atoms with E-state index in [4.69, 9.17) is 9.47 Å². The van der Waals surface area contributed by atoms with Crippen LogP contribution >= 0.6 is 24.0 Å². The van der Waals surface area contributed by atoms with Gasteiger partial charge < -0.3 is 25.0 Å². The van der Waals surface area contributed by atoms with Crippen LogP contribution in [0.1, 0.15) is 19.4 Å². The van der Waals surface area contributed by atoms with Gasteiger partial charge in [0.05, 0.1) is 19.3 Å². The van der Waals surface area contributed by atoms with Crippen LogP contribution in [0, 0.1) is 6.92 Å². The molecule has 0 radical (unpaired) electrons. The minimum Gasteiger partial charge on any atom is -0.489 e. The third-order valence-electron chi connectivity index (χ3n) is 4.11. The Morgan fingerprint density at radius 1 is 1.38 bits per heavy atom. The van der Waals surface area contributed by atoms with Crippen molar-refractivity contribution in [3.05, 3.63) is 29.8 Å². The number of para-hydroxylation sites is 1. The first-order valence-electron chi connectivity index (χ1n) is 9.13. The Bertz CT molecular complexity index is 556. The van der Waals surface area contributed by atoms with Crippen LogP contribution < -0.4 is 15.4 Å². The average Bonchev–Trinajstić information content (AvgIpc) is 2.59. The van der Waals surface area contributed by atoms with Crippen LogP contribution in [0.25, 0.3) is 0 Å². The van der Waals surface area contributed by atoms with Gasteiger partial charge in [0.15, 0.2) is 5.96 Å². The molecule has 1 aliphatic rings. The third-order valence-corrected chi connectivity index (χ3v) is 4.11. The van der Waals surface area contributed by atoms with Crippen molar-refractivity contribution in [1.29, 1.82) is 0 Å². The van der Waals surface area contributed by atoms with Crippen LogP contribution in [0.5, 0.6) is 5.75 Å². The minimum atomic E-state index is 0. The molecule has 0 amide bonds. The predicted molar refractivity (Wildman–Crippen MR) is 118 cm³/mol. The van der Waals surface area contributed by atoms with E-state index in [0.717, 1.165) is 50.1 Å². The van der Waals surface area contributed by atoms with E-state index < -0.39 is 0 Å². The van der Waals surface area contributed by atoms with Crippen molar-refractivity contribution in [2.45, 2.75) is 33.0 Å². The summed E-state index contributed by atoms with van der Waals surface area (Å²) in [4.78, 5) is 6.93. The Morgan fingerprint density at radius 3 is 2.85 bits per heavy atom. The third kappa shape index (κ3) is 8.09. The van der Waals surface area contributed by atoms with Gasteiger partial charge in [0, 0.05) is 26.2 Å². The first-order valence-corrected chi connectivity index (χ1v) is 9.13. The number of nitrogens with zero attached hydrogens (tertiary/aromatic N) is 2. The van der Waals surface area contributed by atoms with Gasteiger partial charge in [0.1, 0.15) is 11.9 Å². The van der Waals surface area contributed by atoms with Crippen molar-refractivity contribution in [3.63, 3.8) is 0 Å². The Labute approximate surface area is 174 Å². The van der Waals surface area contributed by atoms with Crippen LogP contribution in [-0.2, 0) is 4.74 Å². The maximum atomic E-state index is 5.99. The molecule has 0 spiro atoms.